The Morgan fingerprint density at radius 3 is 2.61 bits per heavy atom. The van der Waals surface area contributed by atoms with Gasteiger partial charge in [-0.2, -0.15) is 9.61 Å². The number of fused-ring (bicyclic) bond motifs is 1. The topological polar surface area (TPSA) is 56.2 Å². The monoisotopic (exact) mass is 406 g/mol. The lowest BCUT2D eigenvalue weighted by atomic mass is 10.1. The normalized spacial score (nSPS) is 11.4. The van der Waals surface area contributed by atoms with Crippen LogP contribution in [0.5, 0.6) is 0 Å². The van der Waals surface area contributed by atoms with Gasteiger partial charge in [0.25, 0.3) is 0 Å². The third kappa shape index (κ3) is 3.10. The molecule has 0 unspecified atom stereocenters. The Kier molecular flexibility index (Phi) is 4.22. The van der Waals surface area contributed by atoms with E-state index in [4.69, 9.17) is 21.1 Å². The molecule has 0 aliphatic heterocycles. The van der Waals surface area contributed by atoms with E-state index in [0.717, 1.165) is 38.4 Å². The number of aryl methyl sites for hydroxylation is 1. The van der Waals surface area contributed by atoms with Gasteiger partial charge < -0.3 is 4.42 Å². The minimum absolute atomic E-state index is 0.686. The van der Waals surface area contributed by atoms with Crippen LogP contribution < -0.4 is 0 Å². The summed E-state index contributed by atoms with van der Waals surface area (Å²) >= 11 is 7.49. The van der Waals surface area contributed by atoms with Gasteiger partial charge in [0, 0.05) is 17.0 Å². The SMILES string of the molecule is Cc1oc(-c2ccc(Cl)cc2)cc1-c1nn2c(Cc3ccccc3)nnc2s1. The summed E-state index contributed by atoms with van der Waals surface area (Å²) in [5.41, 5.74) is 3.12. The molecule has 0 bridgehead atoms. The van der Waals surface area contributed by atoms with Gasteiger partial charge in [-0.3, -0.25) is 0 Å². The van der Waals surface area contributed by atoms with Gasteiger partial charge in [-0.1, -0.05) is 53.3 Å². The molecule has 5 rings (SSSR count). The first-order chi connectivity index (χ1) is 13.7. The van der Waals surface area contributed by atoms with Crippen LogP contribution in [0.15, 0.2) is 65.1 Å². The fraction of sp³-hybridized carbons (Fsp3) is 0.0952. The molecule has 0 saturated carbocycles. The van der Waals surface area contributed by atoms with Gasteiger partial charge in [-0.05, 0) is 42.8 Å². The second kappa shape index (κ2) is 6.89. The molecule has 7 heteroatoms. The molecule has 3 heterocycles. The quantitative estimate of drug-likeness (QED) is 0.386. The van der Waals surface area contributed by atoms with Crippen LogP contribution in [-0.2, 0) is 6.42 Å². The number of hydrogen-bond donors (Lipinski definition) is 0. The van der Waals surface area contributed by atoms with Crippen molar-refractivity contribution >= 4 is 27.9 Å². The lowest BCUT2D eigenvalue weighted by Gasteiger charge is -1.97. The minimum Gasteiger partial charge on any atom is -0.461 e. The summed E-state index contributed by atoms with van der Waals surface area (Å²) in [6.07, 6.45) is 0.686. The van der Waals surface area contributed by atoms with Crippen LogP contribution in [0.4, 0.5) is 0 Å². The van der Waals surface area contributed by atoms with Crippen LogP contribution >= 0.6 is 22.9 Å². The maximum atomic E-state index is 5.98. The largest absolute Gasteiger partial charge is 0.461 e. The van der Waals surface area contributed by atoms with E-state index in [1.807, 2.05) is 60.0 Å². The Balaban J connectivity index is 1.51. The summed E-state index contributed by atoms with van der Waals surface area (Å²) < 4.78 is 7.79. The molecule has 0 saturated heterocycles. The number of benzene rings is 2. The van der Waals surface area contributed by atoms with Crippen molar-refractivity contribution in [2.75, 3.05) is 0 Å². The number of nitrogens with zero attached hydrogens (tertiary/aromatic N) is 4. The van der Waals surface area contributed by atoms with Crippen LogP contribution in [0.2, 0.25) is 5.02 Å². The van der Waals surface area contributed by atoms with E-state index in [0.29, 0.717) is 11.4 Å². The molecule has 0 radical (unpaired) electrons. The average Bonchev–Trinajstić information content (AvgIpc) is 3.39. The Morgan fingerprint density at radius 2 is 1.82 bits per heavy atom. The smallest absolute Gasteiger partial charge is 0.234 e. The highest BCUT2D eigenvalue weighted by atomic mass is 35.5. The third-order valence-electron chi connectivity index (χ3n) is 4.54. The molecule has 0 spiro atoms. The maximum absolute atomic E-state index is 5.98. The van der Waals surface area contributed by atoms with E-state index in [-0.39, 0.29) is 0 Å². The van der Waals surface area contributed by atoms with E-state index < -0.39 is 0 Å². The predicted octanol–water partition coefficient (Wildman–Crippen LogP) is 5.67. The lowest BCUT2D eigenvalue weighted by Crippen LogP contribution is -1.97. The highest BCUT2D eigenvalue weighted by molar-refractivity contribution is 7.19. The molecule has 0 fully saturated rings. The van der Waals surface area contributed by atoms with Gasteiger partial charge in [0.15, 0.2) is 10.8 Å². The first kappa shape index (κ1) is 17.2. The summed E-state index contributed by atoms with van der Waals surface area (Å²) in [6, 6.07) is 19.8. The van der Waals surface area contributed by atoms with E-state index >= 15 is 0 Å². The van der Waals surface area contributed by atoms with Crippen molar-refractivity contribution in [1.82, 2.24) is 19.8 Å². The molecule has 5 aromatic rings. The molecule has 0 aliphatic carbocycles. The van der Waals surface area contributed by atoms with Gasteiger partial charge in [-0.25, -0.2) is 0 Å². The number of aromatic nitrogens is 4. The van der Waals surface area contributed by atoms with Crippen molar-refractivity contribution < 1.29 is 4.42 Å². The van der Waals surface area contributed by atoms with E-state index in [9.17, 15) is 0 Å². The zero-order valence-electron chi connectivity index (χ0n) is 15.0. The first-order valence-electron chi connectivity index (χ1n) is 8.79. The van der Waals surface area contributed by atoms with Crippen LogP contribution in [0.25, 0.3) is 26.9 Å². The van der Waals surface area contributed by atoms with Gasteiger partial charge in [-0.15, -0.1) is 10.2 Å². The van der Waals surface area contributed by atoms with Gasteiger partial charge in [0.1, 0.15) is 11.5 Å². The summed E-state index contributed by atoms with van der Waals surface area (Å²) in [5.74, 6) is 2.43. The van der Waals surface area contributed by atoms with E-state index in [2.05, 4.69) is 22.3 Å². The number of hydrogen-bond acceptors (Lipinski definition) is 5. The second-order valence-electron chi connectivity index (χ2n) is 6.47. The summed E-state index contributed by atoms with van der Waals surface area (Å²) in [7, 11) is 0. The van der Waals surface area contributed by atoms with Gasteiger partial charge in [0.2, 0.25) is 4.96 Å². The third-order valence-corrected chi connectivity index (χ3v) is 5.72. The maximum Gasteiger partial charge on any atom is 0.234 e. The Bertz CT molecular complexity index is 1260. The average molecular weight is 407 g/mol. The Hall–Kier alpha value is -2.96. The van der Waals surface area contributed by atoms with Crippen LogP contribution in [0.1, 0.15) is 17.1 Å². The fourth-order valence-electron chi connectivity index (χ4n) is 3.11. The summed E-state index contributed by atoms with van der Waals surface area (Å²) in [4.78, 5) is 0.773. The first-order valence-corrected chi connectivity index (χ1v) is 9.98. The van der Waals surface area contributed by atoms with Gasteiger partial charge >= 0.3 is 0 Å². The van der Waals surface area contributed by atoms with Crippen molar-refractivity contribution in [2.24, 2.45) is 0 Å². The molecular formula is C21H15ClN4OS. The molecule has 3 aromatic heterocycles. The molecule has 0 amide bonds. The van der Waals surface area contributed by atoms with Crippen molar-refractivity contribution in [3.63, 3.8) is 0 Å². The van der Waals surface area contributed by atoms with E-state index in [1.54, 1.807) is 0 Å². The van der Waals surface area contributed by atoms with Crippen molar-refractivity contribution in [3.05, 3.63) is 82.8 Å². The van der Waals surface area contributed by atoms with Crippen LogP contribution in [-0.4, -0.2) is 19.8 Å². The van der Waals surface area contributed by atoms with Gasteiger partial charge in [0.05, 0.1) is 5.56 Å². The zero-order chi connectivity index (χ0) is 19.1. The van der Waals surface area contributed by atoms with Crippen LogP contribution in [0.3, 0.4) is 0 Å². The number of furan rings is 1. The second-order valence-corrected chi connectivity index (χ2v) is 7.86. The Morgan fingerprint density at radius 1 is 1.04 bits per heavy atom. The highest BCUT2D eigenvalue weighted by Crippen LogP contribution is 2.34. The lowest BCUT2D eigenvalue weighted by molar-refractivity contribution is 0.549. The highest BCUT2D eigenvalue weighted by Gasteiger charge is 2.18. The van der Waals surface area contributed by atoms with Crippen molar-refractivity contribution in [2.45, 2.75) is 13.3 Å². The standard InChI is InChI=1S/C21H15ClN4OS/c1-13-17(12-18(27-13)15-7-9-16(22)10-8-15)20-25-26-19(23-24-21(26)28-20)11-14-5-3-2-4-6-14/h2-10,12H,11H2,1H3. The predicted molar refractivity (Wildman–Crippen MR) is 111 cm³/mol. The molecular weight excluding hydrogens is 392 g/mol. The van der Waals surface area contributed by atoms with Crippen molar-refractivity contribution in [3.8, 4) is 21.9 Å². The molecule has 5 nitrogen and oxygen atoms in total. The molecule has 138 valence electrons. The molecule has 0 aliphatic rings. The fourth-order valence-corrected chi connectivity index (χ4v) is 4.15. The number of halogens is 1. The minimum atomic E-state index is 0.686. The summed E-state index contributed by atoms with van der Waals surface area (Å²) in [6.45, 7) is 1.95. The molecule has 28 heavy (non-hydrogen) atoms. The van der Waals surface area contributed by atoms with Crippen LogP contribution in [0, 0.1) is 6.92 Å². The van der Waals surface area contributed by atoms with Crippen molar-refractivity contribution in [1.29, 1.82) is 0 Å². The molecule has 2 aromatic carbocycles. The molecule has 0 atom stereocenters. The Labute approximate surface area is 170 Å². The van der Waals surface area contributed by atoms with E-state index in [1.165, 1.54) is 16.9 Å². The molecule has 0 N–H and O–H groups in total. The summed E-state index contributed by atoms with van der Waals surface area (Å²) in [5, 5.41) is 14.9. The number of rotatable bonds is 4. The zero-order valence-corrected chi connectivity index (χ0v) is 16.5.